The molecule has 1 saturated carbocycles. The first-order chi connectivity index (χ1) is 9.50. The van der Waals surface area contributed by atoms with Gasteiger partial charge in [-0.25, -0.2) is 8.42 Å². The van der Waals surface area contributed by atoms with Crippen LogP contribution in [0.5, 0.6) is 0 Å². The zero-order chi connectivity index (χ0) is 14.8. The average Bonchev–Trinajstić information content (AvgIpc) is 3.16. The molecule has 1 aliphatic rings. The minimum absolute atomic E-state index is 0.162. The zero-order valence-corrected chi connectivity index (χ0v) is 13.7. The summed E-state index contributed by atoms with van der Waals surface area (Å²) in [6.07, 6.45) is 3.58. The van der Waals surface area contributed by atoms with E-state index < -0.39 is 10.0 Å². The second-order valence-corrected chi connectivity index (χ2v) is 8.21. The van der Waals surface area contributed by atoms with Crippen LogP contribution in [0.2, 0.25) is 0 Å². The first-order valence-electron chi connectivity index (χ1n) is 6.93. The van der Waals surface area contributed by atoms with E-state index in [2.05, 4.69) is 11.9 Å². The summed E-state index contributed by atoms with van der Waals surface area (Å²) >= 11 is 1.55. The Bertz CT molecular complexity index is 574. The molecule has 0 aromatic carbocycles. The Labute approximate surface area is 125 Å². The number of nitrogens with zero attached hydrogens (tertiary/aromatic N) is 1. The third-order valence-electron chi connectivity index (χ3n) is 3.32. The third kappa shape index (κ3) is 3.31. The van der Waals surface area contributed by atoms with Crippen LogP contribution in [-0.4, -0.2) is 31.9 Å². The normalized spacial score (nSPS) is 15.8. The van der Waals surface area contributed by atoms with Gasteiger partial charge in [-0.3, -0.25) is 0 Å². The van der Waals surface area contributed by atoms with Gasteiger partial charge in [0.2, 0.25) is 10.0 Å². The predicted molar refractivity (Wildman–Crippen MR) is 83.5 cm³/mol. The van der Waals surface area contributed by atoms with Crippen molar-refractivity contribution in [1.82, 2.24) is 9.62 Å². The quantitative estimate of drug-likeness (QED) is 0.750. The van der Waals surface area contributed by atoms with Crippen molar-refractivity contribution in [3.8, 4) is 0 Å². The summed E-state index contributed by atoms with van der Waals surface area (Å²) in [6, 6.07) is 1.98. The van der Waals surface area contributed by atoms with E-state index >= 15 is 0 Å². The number of sulfonamides is 1. The molecule has 0 radical (unpaired) electrons. The zero-order valence-electron chi connectivity index (χ0n) is 12.1. The third-order valence-corrected chi connectivity index (χ3v) is 6.55. The largest absolute Gasteiger partial charge is 0.312 e. The molecule has 20 heavy (non-hydrogen) atoms. The Balaban J connectivity index is 2.27. The monoisotopic (exact) mass is 314 g/mol. The SMILES string of the molecule is C=CCN(C1CC1)S(=O)(=O)c1cc(CNCC)sc1C. The molecule has 112 valence electrons. The average molecular weight is 314 g/mol. The first-order valence-corrected chi connectivity index (χ1v) is 9.19. The maximum absolute atomic E-state index is 12.8. The highest BCUT2D eigenvalue weighted by Gasteiger charge is 2.38. The number of nitrogens with one attached hydrogen (secondary N) is 1. The van der Waals surface area contributed by atoms with Crippen molar-refractivity contribution in [2.75, 3.05) is 13.1 Å². The number of thiophene rings is 1. The lowest BCUT2D eigenvalue weighted by molar-refractivity contribution is 0.436. The van der Waals surface area contributed by atoms with Gasteiger partial charge in [-0.05, 0) is 32.4 Å². The van der Waals surface area contributed by atoms with E-state index in [4.69, 9.17) is 0 Å². The lowest BCUT2D eigenvalue weighted by atomic mass is 10.4. The van der Waals surface area contributed by atoms with Crippen molar-refractivity contribution in [2.24, 2.45) is 0 Å². The highest BCUT2D eigenvalue weighted by molar-refractivity contribution is 7.89. The van der Waals surface area contributed by atoms with E-state index in [1.54, 1.807) is 21.7 Å². The van der Waals surface area contributed by atoms with Crippen LogP contribution in [0, 0.1) is 6.92 Å². The van der Waals surface area contributed by atoms with Crippen LogP contribution >= 0.6 is 11.3 Å². The number of aryl methyl sites for hydroxylation is 1. The van der Waals surface area contributed by atoms with E-state index in [1.165, 1.54) is 0 Å². The Morgan fingerprint density at radius 2 is 2.25 bits per heavy atom. The fourth-order valence-corrected chi connectivity index (χ4v) is 5.41. The Kier molecular flexibility index (Phi) is 5.01. The van der Waals surface area contributed by atoms with Crippen LogP contribution < -0.4 is 5.32 Å². The molecule has 1 aromatic heterocycles. The van der Waals surface area contributed by atoms with Gasteiger partial charge in [0.05, 0.1) is 4.90 Å². The van der Waals surface area contributed by atoms with Crippen LogP contribution in [0.25, 0.3) is 0 Å². The molecule has 0 aliphatic heterocycles. The van der Waals surface area contributed by atoms with Crippen molar-refractivity contribution in [3.63, 3.8) is 0 Å². The van der Waals surface area contributed by atoms with Gasteiger partial charge in [0.15, 0.2) is 0 Å². The number of hydrogen-bond donors (Lipinski definition) is 1. The minimum atomic E-state index is -3.39. The van der Waals surface area contributed by atoms with E-state index in [9.17, 15) is 8.42 Å². The molecule has 0 spiro atoms. The van der Waals surface area contributed by atoms with Crippen LogP contribution in [0.15, 0.2) is 23.6 Å². The molecule has 0 atom stereocenters. The second kappa shape index (κ2) is 6.39. The number of rotatable bonds is 8. The van der Waals surface area contributed by atoms with Crippen LogP contribution in [0.3, 0.4) is 0 Å². The molecule has 1 heterocycles. The lowest BCUT2D eigenvalue weighted by Gasteiger charge is -2.19. The maximum atomic E-state index is 12.8. The highest BCUT2D eigenvalue weighted by Crippen LogP contribution is 2.35. The molecule has 0 saturated heterocycles. The van der Waals surface area contributed by atoms with Gasteiger partial charge in [0, 0.05) is 28.9 Å². The molecule has 2 rings (SSSR count). The van der Waals surface area contributed by atoms with Gasteiger partial charge in [-0.1, -0.05) is 13.0 Å². The van der Waals surface area contributed by atoms with Gasteiger partial charge < -0.3 is 5.32 Å². The molecular weight excluding hydrogens is 292 g/mol. The molecule has 1 N–H and O–H groups in total. The fourth-order valence-electron chi connectivity index (χ4n) is 2.18. The molecular formula is C14H22N2O2S2. The molecule has 1 fully saturated rings. The van der Waals surface area contributed by atoms with Gasteiger partial charge >= 0.3 is 0 Å². The Hall–Kier alpha value is -0.690. The van der Waals surface area contributed by atoms with Crippen molar-refractivity contribution in [1.29, 1.82) is 0 Å². The van der Waals surface area contributed by atoms with Crippen LogP contribution in [-0.2, 0) is 16.6 Å². The minimum Gasteiger partial charge on any atom is -0.312 e. The van der Waals surface area contributed by atoms with Crippen molar-refractivity contribution in [2.45, 2.75) is 44.2 Å². The van der Waals surface area contributed by atoms with Gasteiger partial charge in [-0.2, -0.15) is 4.31 Å². The second-order valence-electron chi connectivity index (χ2n) is 5.01. The van der Waals surface area contributed by atoms with Gasteiger partial charge in [0.1, 0.15) is 0 Å². The van der Waals surface area contributed by atoms with Gasteiger partial charge in [-0.15, -0.1) is 17.9 Å². The van der Waals surface area contributed by atoms with E-state index in [0.717, 1.165) is 35.7 Å². The van der Waals surface area contributed by atoms with Crippen LogP contribution in [0.4, 0.5) is 0 Å². The Morgan fingerprint density at radius 3 is 2.80 bits per heavy atom. The molecule has 4 nitrogen and oxygen atoms in total. The number of hydrogen-bond acceptors (Lipinski definition) is 4. The van der Waals surface area contributed by atoms with Crippen molar-refractivity contribution < 1.29 is 8.42 Å². The summed E-state index contributed by atoms with van der Waals surface area (Å²) in [4.78, 5) is 2.40. The summed E-state index contributed by atoms with van der Waals surface area (Å²) < 4.78 is 27.1. The molecule has 1 aliphatic carbocycles. The molecule has 0 amide bonds. The molecule has 0 bridgehead atoms. The smallest absolute Gasteiger partial charge is 0.244 e. The predicted octanol–water partition coefficient (Wildman–Crippen LogP) is 2.51. The van der Waals surface area contributed by atoms with Gasteiger partial charge in [0.25, 0.3) is 0 Å². The van der Waals surface area contributed by atoms with E-state index in [-0.39, 0.29) is 6.04 Å². The van der Waals surface area contributed by atoms with Crippen molar-refractivity contribution in [3.05, 3.63) is 28.5 Å². The van der Waals surface area contributed by atoms with Crippen LogP contribution in [0.1, 0.15) is 29.5 Å². The summed E-state index contributed by atoms with van der Waals surface area (Å²) in [5.41, 5.74) is 0. The standard InChI is InChI=1S/C14H22N2O2S2/c1-4-8-16(12-6-7-12)20(17,18)14-9-13(10-15-5-2)19-11(14)3/h4,9,12,15H,1,5-8,10H2,2-3H3. The summed E-state index contributed by atoms with van der Waals surface area (Å²) in [6.45, 7) is 9.59. The summed E-state index contributed by atoms with van der Waals surface area (Å²) in [5.74, 6) is 0. The van der Waals surface area contributed by atoms with Crippen molar-refractivity contribution >= 4 is 21.4 Å². The fraction of sp³-hybridized carbons (Fsp3) is 0.571. The topological polar surface area (TPSA) is 49.4 Å². The van der Waals surface area contributed by atoms with E-state index in [1.807, 2.05) is 19.9 Å². The Morgan fingerprint density at radius 1 is 1.55 bits per heavy atom. The first kappa shape index (κ1) is 15.7. The molecule has 6 heteroatoms. The van der Waals surface area contributed by atoms with E-state index in [0.29, 0.717) is 11.4 Å². The molecule has 0 unspecified atom stereocenters. The summed E-state index contributed by atoms with van der Waals surface area (Å²) in [7, 11) is -3.39. The summed E-state index contributed by atoms with van der Waals surface area (Å²) in [5, 5.41) is 3.23. The lowest BCUT2D eigenvalue weighted by Crippen LogP contribution is -2.33. The molecule has 1 aromatic rings. The maximum Gasteiger partial charge on any atom is 0.244 e. The highest BCUT2D eigenvalue weighted by atomic mass is 32.2.